The molecule has 0 spiro atoms. The van der Waals surface area contributed by atoms with Crippen molar-refractivity contribution in [3.05, 3.63) is 46.8 Å². The van der Waals surface area contributed by atoms with E-state index in [2.05, 4.69) is 5.16 Å². The number of hydrogen-bond acceptors (Lipinski definition) is 4. The second-order valence-electron chi connectivity index (χ2n) is 5.31. The van der Waals surface area contributed by atoms with Crippen LogP contribution in [0.5, 0.6) is 0 Å². The van der Waals surface area contributed by atoms with Gasteiger partial charge in [-0.15, -0.1) is 0 Å². The van der Waals surface area contributed by atoms with Crippen molar-refractivity contribution in [2.75, 3.05) is 5.75 Å². The standard InChI is InChI=1S/C16H21NO3S/c1-4-14-11-15(20-17-14)6-5-9-21(18,19)16-8-7-12(2)13(3)10-16/h7-8,10-11H,4-6,9H2,1-3H3. The molecule has 0 N–H and O–H groups in total. The molecule has 0 radical (unpaired) electrons. The monoisotopic (exact) mass is 307 g/mol. The number of aromatic nitrogens is 1. The van der Waals surface area contributed by atoms with Gasteiger partial charge in [0.15, 0.2) is 9.84 Å². The van der Waals surface area contributed by atoms with Crippen molar-refractivity contribution in [2.45, 2.75) is 44.9 Å². The van der Waals surface area contributed by atoms with E-state index in [1.807, 2.05) is 32.9 Å². The molecule has 0 atom stereocenters. The molecule has 1 aromatic heterocycles. The Morgan fingerprint density at radius 2 is 1.90 bits per heavy atom. The SMILES string of the molecule is CCc1cc(CCCS(=O)(=O)c2ccc(C)c(C)c2)on1. The van der Waals surface area contributed by atoms with Gasteiger partial charge in [-0.3, -0.25) is 0 Å². The van der Waals surface area contributed by atoms with E-state index >= 15 is 0 Å². The lowest BCUT2D eigenvalue weighted by Gasteiger charge is -2.06. The first-order valence-corrected chi connectivity index (χ1v) is 8.82. The third-order valence-electron chi connectivity index (χ3n) is 3.64. The zero-order valence-corrected chi connectivity index (χ0v) is 13.5. The van der Waals surface area contributed by atoms with E-state index in [0.29, 0.717) is 17.7 Å². The lowest BCUT2D eigenvalue weighted by atomic mass is 10.1. The molecule has 1 heterocycles. The summed E-state index contributed by atoms with van der Waals surface area (Å²) in [6.45, 7) is 5.90. The fourth-order valence-corrected chi connectivity index (χ4v) is 3.49. The Labute approximate surface area is 126 Å². The molecule has 0 bridgehead atoms. The van der Waals surface area contributed by atoms with Crippen LogP contribution in [0.3, 0.4) is 0 Å². The zero-order valence-electron chi connectivity index (χ0n) is 12.7. The zero-order chi connectivity index (χ0) is 15.5. The van der Waals surface area contributed by atoms with Gasteiger partial charge in [-0.05, 0) is 49.9 Å². The number of rotatable bonds is 6. The molecule has 0 saturated heterocycles. The summed E-state index contributed by atoms with van der Waals surface area (Å²) in [5.41, 5.74) is 3.00. The highest BCUT2D eigenvalue weighted by Crippen LogP contribution is 2.17. The number of nitrogens with zero attached hydrogens (tertiary/aromatic N) is 1. The van der Waals surface area contributed by atoms with Crippen molar-refractivity contribution in [1.29, 1.82) is 0 Å². The normalized spacial score (nSPS) is 11.8. The Balaban J connectivity index is 1.99. The average Bonchev–Trinajstić information content (AvgIpc) is 2.89. The molecule has 0 unspecified atom stereocenters. The second-order valence-corrected chi connectivity index (χ2v) is 7.42. The summed E-state index contributed by atoms with van der Waals surface area (Å²) in [5, 5.41) is 3.90. The first-order chi connectivity index (χ1) is 9.92. The molecule has 2 aromatic rings. The summed E-state index contributed by atoms with van der Waals surface area (Å²) in [4.78, 5) is 0.400. The predicted molar refractivity (Wildman–Crippen MR) is 82.2 cm³/mol. The molecular weight excluding hydrogens is 286 g/mol. The van der Waals surface area contributed by atoms with Gasteiger partial charge in [-0.2, -0.15) is 0 Å². The lowest BCUT2D eigenvalue weighted by Crippen LogP contribution is -2.08. The van der Waals surface area contributed by atoms with E-state index in [0.717, 1.165) is 29.0 Å². The molecule has 21 heavy (non-hydrogen) atoms. The number of hydrogen-bond donors (Lipinski definition) is 0. The topological polar surface area (TPSA) is 60.2 Å². The Kier molecular flexibility index (Phi) is 4.83. The maximum Gasteiger partial charge on any atom is 0.178 e. The highest BCUT2D eigenvalue weighted by Gasteiger charge is 2.15. The largest absolute Gasteiger partial charge is 0.361 e. The van der Waals surface area contributed by atoms with Crippen LogP contribution in [0.15, 0.2) is 33.7 Å². The van der Waals surface area contributed by atoms with Gasteiger partial charge < -0.3 is 4.52 Å². The Morgan fingerprint density at radius 1 is 1.14 bits per heavy atom. The molecule has 0 aliphatic rings. The quantitative estimate of drug-likeness (QED) is 0.822. The van der Waals surface area contributed by atoms with Crippen molar-refractivity contribution < 1.29 is 12.9 Å². The molecule has 0 fully saturated rings. The molecule has 5 heteroatoms. The minimum absolute atomic E-state index is 0.123. The van der Waals surface area contributed by atoms with Crippen molar-refractivity contribution in [1.82, 2.24) is 5.16 Å². The molecule has 1 aromatic carbocycles. The summed E-state index contributed by atoms with van der Waals surface area (Å²) in [5.74, 6) is 0.875. The predicted octanol–water partition coefficient (Wildman–Crippen LogP) is 3.26. The Hall–Kier alpha value is -1.62. The maximum atomic E-state index is 12.3. The first-order valence-electron chi connectivity index (χ1n) is 7.17. The van der Waals surface area contributed by atoms with Crippen molar-refractivity contribution >= 4 is 9.84 Å². The van der Waals surface area contributed by atoms with E-state index in [1.165, 1.54) is 0 Å². The van der Waals surface area contributed by atoms with Gasteiger partial charge in [-0.25, -0.2) is 8.42 Å². The number of aryl methyl sites for hydroxylation is 4. The van der Waals surface area contributed by atoms with Crippen LogP contribution in [0.4, 0.5) is 0 Å². The Morgan fingerprint density at radius 3 is 2.52 bits per heavy atom. The van der Waals surface area contributed by atoms with Gasteiger partial charge in [0, 0.05) is 12.5 Å². The van der Waals surface area contributed by atoms with E-state index in [9.17, 15) is 8.42 Å². The van der Waals surface area contributed by atoms with Crippen molar-refractivity contribution in [2.24, 2.45) is 0 Å². The minimum atomic E-state index is -3.23. The lowest BCUT2D eigenvalue weighted by molar-refractivity contribution is 0.377. The molecule has 0 aliphatic heterocycles. The van der Waals surface area contributed by atoms with E-state index in [-0.39, 0.29) is 5.75 Å². The van der Waals surface area contributed by atoms with Gasteiger partial charge in [0.25, 0.3) is 0 Å². The van der Waals surface area contributed by atoms with E-state index in [1.54, 1.807) is 12.1 Å². The number of benzene rings is 1. The summed E-state index contributed by atoms with van der Waals surface area (Å²) < 4.78 is 29.8. The van der Waals surface area contributed by atoms with Gasteiger partial charge in [-0.1, -0.05) is 18.1 Å². The summed E-state index contributed by atoms with van der Waals surface area (Å²) in [6.07, 6.45) is 1.95. The van der Waals surface area contributed by atoms with Crippen LogP contribution in [0.25, 0.3) is 0 Å². The van der Waals surface area contributed by atoms with Crippen molar-refractivity contribution in [3.8, 4) is 0 Å². The Bertz CT molecular complexity index is 717. The summed E-state index contributed by atoms with van der Waals surface area (Å²) >= 11 is 0. The van der Waals surface area contributed by atoms with Crippen LogP contribution >= 0.6 is 0 Å². The molecule has 0 amide bonds. The van der Waals surface area contributed by atoms with Gasteiger partial charge in [0.1, 0.15) is 5.76 Å². The molecular formula is C16H21NO3S. The first kappa shape index (κ1) is 15.8. The van der Waals surface area contributed by atoms with Gasteiger partial charge in [0.2, 0.25) is 0 Å². The van der Waals surface area contributed by atoms with Crippen LogP contribution < -0.4 is 0 Å². The highest BCUT2D eigenvalue weighted by molar-refractivity contribution is 7.91. The van der Waals surface area contributed by atoms with E-state index < -0.39 is 9.84 Å². The minimum Gasteiger partial charge on any atom is -0.361 e. The fraction of sp³-hybridized carbons (Fsp3) is 0.438. The smallest absolute Gasteiger partial charge is 0.178 e. The fourth-order valence-electron chi connectivity index (χ4n) is 2.10. The second kappa shape index (κ2) is 6.43. The van der Waals surface area contributed by atoms with Crippen LogP contribution in [-0.4, -0.2) is 19.3 Å². The van der Waals surface area contributed by atoms with Gasteiger partial charge >= 0.3 is 0 Å². The maximum absolute atomic E-state index is 12.3. The third kappa shape index (κ3) is 3.94. The average molecular weight is 307 g/mol. The summed E-state index contributed by atoms with van der Waals surface area (Å²) in [7, 11) is -3.23. The molecule has 4 nitrogen and oxygen atoms in total. The van der Waals surface area contributed by atoms with Crippen LogP contribution in [0.1, 0.15) is 35.9 Å². The van der Waals surface area contributed by atoms with Crippen LogP contribution in [0.2, 0.25) is 0 Å². The third-order valence-corrected chi connectivity index (χ3v) is 5.44. The molecule has 114 valence electrons. The summed E-state index contributed by atoms with van der Waals surface area (Å²) in [6, 6.07) is 7.17. The van der Waals surface area contributed by atoms with Gasteiger partial charge in [0.05, 0.1) is 16.3 Å². The molecule has 0 saturated carbocycles. The van der Waals surface area contributed by atoms with E-state index in [4.69, 9.17) is 4.52 Å². The number of sulfone groups is 1. The van der Waals surface area contributed by atoms with Crippen LogP contribution in [0, 0.1) is 13.8 Å². The highest BCUT2D eigenvalue weighted by atomic mass is 32.2. The van der Waals surface area contributed by atoms with Crippen LogP contribution in [-0.2, 0) is 22.7 Å². The molecule has 0 aliphatic carbocycles. The molecule has 2 rings (SSSR count). The van der Waals surface area contributed by atoms with Crippen molar-refractivity contribution in [3.63, 3.8) is 0 Å².